The minimum Gasteiger partial charge on any atom is -0.280 e. The van der Waals surface area contributed by atoms with Gasteiger partial charge in [-0.15, -0.1) is 0 Å². The van der Waals surface area contributed by atoms with E-state index in [2.05, 4.69) is 35.7 Å². The van der Waals surface area contributed by atoms with Gasteiger partial charge in [0.2, 0.25) is 0 Å². The second-order valence-corrected chi connectivity index (χ2v) is 8.66. The molecule has 0 aliphatic rings. The van der Waals surface area contributed by atoms with Crippen molar-refractivity contribution in [2.24, 2.45) is 0 Å². The molecular weight excluding hydrogens is 322 g/mol. The lowest BCUT2D eigenvalue weighted by molar-refractivity contribution is 0.584. The highest BCUT2D eigenvalue weighted by molar-refractivity contribution is 7.92. The average molecular weight is 343 g/mol. The second-order valence-electron chi connectivity index (χ2n) is 7.01. The summed E-state index contributed by atoms with van der Waals surface area (Å²) in [6.07, 6.45) is 1.70. The molecule has 5 nitrogen and oxygen atoms in total. The van der Waals surface area contributed by atoms with Crippen molar-refractivity contribution in [1.29, 1.82) is 0 Å². The van der Waals surface area contributed by atoms with Crippen LogP contribution in [0, 0.1) is 6.92 Å². The molecule has 0 fully saturated rings. The summed E-state index contributed by atoms with van der Waals surface area (Å²) in [6, 6.07) is 10.9. The molecule has 2 N–H and O–H groups in total. The monoisotopic (exact) mass is 343 g/mol. The van der Waals surface area contributed by atoms with E-state index >= 15 is 0 Å². The molecule has 0 bridgehead atoms. The van der Waals surface area contributed by atoms with Gasteiger partial charge in [-0.1, -0.05) is 32.9 Å². The Labute approximate surface area is 142 Å². The van der Waals surface area contributed by atoms with E-state index in [4.69, 9.17) is 0 Å². The van der Waals surface area contributed by atoms with Crippen LogP contribution < -0.4 is 4.72 Å². The maximum absolute atomic E-state index is 12.8. The summed E-state index contributed by atoms with van der Waals surface area (Å²) in [5.74, 6) is 0. The molecule has 24 heavy (non-hydrogen) atoms. The van der Waals surface area contributed by atoms with E-state index in [0.29, 0.717) is 10.6 Å². The Hall–Kier alpha value is -2.34. The number of nitrogens with one attached hydrogen (secondary N) is 2. The lowest BCUT2D eigenvalue weighted by Crippen LogP contribution is -2.17. The fourth-order valence-electron chi connectivity index (χ4n) is 2.57. The van der Waals surface area contributed by atoms with Gasteiger partial charge in [-0.25, -0.2) is 8.42 Å². The van der Waals surface area contributed by atoms with Gasteiger partial charge in [-0.2, -0.15) is 5.10 Å². The zero-order chi connectivity index (χ0) is 17.5. The van der Waals surface area contributed by atoms with Crippen LogP contribution in [0.2, 0.25) is 0 Å². The Morgan fingerprint density at radius 3 is 2.54 bits per heavy atom. The SMILES string of the molecule is Cc1ccc(C(C)(C)C)cc1S(=O)(=O)Nc1ccc2cn[nH]c2c1. The molecule has 0 radical (unpaired) electrons. The van der Waals surface area contributed by atoms with Gasteiger partial charge in [0.15, 0.2) is 0 Å². The fraction of sp³-hybridized carbons (Fsp3) is 0.278. The summed E-state index contributed by atoms with van der Waals surface area (Å²) in [5, 5.41) is 7.72. The summed E-state index contributed by atoms with van der Waals surface area (Å²) in [4.78, 5) is 0.305. The predicted octanol–water partition coefficient (Wildman–Crippen LogP) is 3.97. The minimum absolute atomic E-state index is 0.118. The van der Waals surface area contributed by atoms with Crippen LogP contribution in [0.4, 0.5) is 5.69 Å². The molecule has 3 rings (SSSR count). The highest BCUT2D eigenvalue weighted by atomic mass is 32.2. The number of aryl methyl sites for hydroxylation is 1. The van der Waals surface area contributed by atoms with Crippen molar-refractivity contribution in [3.63, 3.8) is 0 Å². The number of sulfonamides is 1. The van der Waals surface area contributed by atoms with Crippen LogP contribution in [0.25, 0.3) is 10.9 Å². The van der Waals surface area contributed by atoms with Crippen molar-refractivity contribution in [3.8, 4) is 0 Å². The van der Waals surface area contributed by atoms with Crippen molar-refractivity contribution in [2.75, 3.05) is 4.72 Å². The summed E-state index contributed by atoms with van der Waals surface area (Å²) < 4.78 is 28.3. The van der Waals surface area contributed by atoms with Crippen LogP contribution in [0.15, 0.2) is 47.5 Å². The van der Waals surface area contributed by atoms with E-state index in [1.54, 1.807) is 31.3 Å². The van der Waals surface area contributed by atoms with Crippen LogP contribution in [0.5, 0.6) is 0 Å². The third-order valence-corrected chi connectivity index (χ3v) is 5.56. The summed E-state index contributed by atoms with van der Waals surface area (Å²) in [5.41, 5.74) is 2.88. The molecule has 3 aromatic rings. The standard InChI is InChI=1S/C18H21N3O2S/c1-12-5-7-14(18(2,3)4)9-17(12)24(22,23)21-15-8-6-13-11-19-20-16(13)10-15/h5-11,21H,1-4H3,(H,19,20). The molecule has 126 valence electrons. The smallest absolute Gasteiger partial charge is 0.262 e. The zero-order valence-corrected chi connectivity index (χ0v) is 15.0. The summed E-state index contributed by atoms with van der Waals surface area (Å²) in [6.45, 7) is 7.99. The highest BCUT2D eigenvalue weighted by Gasteiger charge is 2.21. The molecule has 0 amide bonds. The molecule has 1 aromatic heterocycles. The van der Waals surface area contributed by atoms with E-state index in [9.17, 15) is 8.42 Å². The number of fused-ring (bicyclic) bond motifs is 1. The molecule has 0 atom stereocenters. The van der Waals surface area contributed by atoms with Gasteiger partial charge in [-0.3, -0.25) is 9.82 Å². The van der Waals surface area contributed by atoms with Gasteiger partial charge in [-0.05, 0) is 47.7 Å². The number of rotatable bonds is 3. The maximum atomic E-state index is 12.8. The maximum Gasteiger partial charge on any atom is 0.262 e. The number of anilines is 1. The fourth-order valence-corrected chi connectivity index (χ4v) is 3.89. The first-order valence-corrected chi connectivity index (χ1v) is 9.22. The van der Waals surface area contributed by atoms with Crippen LogP contribution >= 0.6 is 0 Å². The molecule has 0 saturated carbocycles. The van der Waals surface area contributed by atoms with Crippen molar-refractivity contribution in [1.82, 2.24) is 10.2 Å². The third-order valence-electron chi connectivity index (χ3n) is 4.04. The van der Waals surface area contributed by atoms with Crippen LogP contribution in [-0.4, -0.2) is 18.6 Å². The lowest BCUT2D eigenvalue weighted by Gasteiger charge is -2.21. The number of aromatic nitrogens is 2. The lowest BCUT2D eigenvalue weighted by atomic mass is 9.87. The average Bonchev–Trinajstić information content (AvgIpc) is 2.93. The van der Waals surface area contributed by atoms with Crippen LogP contribution in [0.1, 0.15) is 31.9 Å². The van der Waals surface area contributed by atoms with E-state index in [1.807, 2.05) is 18.2 Å². The molecular formula is C18H21N3O2S. The molecule has 0 aliphatic heterocycles. The van der Waals surface area contributed by atoms with Crippen molar-refractivity contribution >= 4 is 26.6 Å². The Kier molecular flexibility index (Phi) is 3.87. The highest BCUT2D eigenvalue weighted by Crippen LogP contribution is 2.28. The van der Waals surface area contributed by atoms with E-state index in [-0.39, 0.29) is 5.41 Å². The number of hydrogen-bond donors (Lipinski definition) is 2. The molecule has 1 heterocycles. The quantitative estimate of drug-likeness (QED) is 0.755. The van der Waals surface area contributed by atoms with Gasteiger partial charge < -0.3 is 0 Å². The van der Waals surface area contributed by atoms with E-state index in [0.717, 1.165) is 22.0 Å². The number of benzene rings is 2. The predicted molar refractivity (Wildman–Crippen MR) is 96.8 cm³/mol. The van der Waals surface area contributed by atoms with Gasteiger partial charge in [0.25, 0.3) is 10.0 Å². The molecule has 0 spiro atoms. The first-order chi connectivity index (χ1) is 11.2. The molecule has 2 aromatic carbocycles. The number of nitrogens with zero attached hydrogens (tertiary/aromatic N) is 1. The Balaban J connectivity index is 2.01. The first-order valence-electron chi connectivity index (χ1n) is 7.74. The Bertz CT molecular complexity index is 999. The third kappa shape index (κ3) is 3.14. The molecule has 0 unspecified atom stereocenters. The molecule has 0 saturated heterocycles. The van der Waals surface area contributed by atoms with Crippen LogP contribution in [0.3, 0.4) is 0 Å². The normalized spacial score (nSPS) is 12.5. The van der Waals surface area contributed by atoms with Gasteiger partial charge in [0.1, 0.15) is 0 Å². The number of hydrogen-bond acceptors (Lipinski definition) is 3. The van der Waals surface area contributed by atoms with Gasteiger partial charge in [0.05, 0.1) is 22.3 Å². The van der Waals surface area contributed by atoms with E-state index < -0.39 is 10.0 Å². The van der Waals surface area contributed by atoms with Gasteiger partial charge in [0, 0.05) is 5.39 Å². The molecule has 6 heteroatoms. The Morgan fingerprint density at radius 1 is 1.08 bits per heavy atom. The summed E-state index contributed by atoms with van der Waals surface area (Å²) >= 11 is 0. The van der Waals surface area contributed by atoms with Crippen molar-refractivity contribution < 1.29 is 8.42 Å². The first kappa shape index (κ1) is 16.5. The van der Waals surface area contributed by atoms with Gasteiger partial charge >= 0.3 is 0 Å². The summed E-state index contributed by atoms with van der Waals surface area (Å²) in [7, 11) is -3.66. The van der Waals surface area contributed by atoms with Crippen molar-refractivity contribution in [3.05, 3.63) is 53.7 Å². The van der Waals surface area contributed by atoms with E-state index in [1.165, 1.54) is 0 Å². The molecule has 0 aliphatic carbocycles. The number of H-pyrrole nitrogens is 1. The zero-order valence-electron chi connectivity index (χ0n) is 14.2. The van der Waals surface area contributed by atoms with Crippen LogP contribution in [-0.2, 0) is 15.4 Å². The van der Waals surface area contributed by atoms with Crippen molar-refractivity contribution in [2.45, 2.75) is 38.0 Å². The topological polar surface area (TPSA) is 74.8 Å². The largest absolute Gasteiger partial charge is 0.280 e. The number of aromatic amines is 1. The second kappa shape index (κ2) is 5.63. The minimum atomic E-state index is -3.66. The Morgan fingerprint density at radius 2 is 1.83 bits per heavy atom.